The lowest BCUT2D eigenvalue weighted by molar-refractivity contribution is 0.129. The van der Waals surface area contributed by atoms with Gasteiger partial charge in [0.2, 0.25) is 5.95 Å². The third-order valence-electron chi connectivity index (χ3n) is 2.13. The van der Waals surface area contributed by atoms with Crippen LogP contribution in [0.5, 0.6) is 0 Å². The van der Waals surface area contributed by atoms with E-state index in [9.17, 15) is 0 Å². The van der Waals surface area contributed by atoms with E-state index in [2.05, 4.69) is 9.97 Å². The number of ether oxygens (including phenoxy) is 1. The number of nitrogen functional groups attached to an aromatic ring is 1. The molecule has 0 aliphatic carbocycles. The Kier molecular flexibility index (Phi) is 3.66. The Hall–Kier alpha value is -0.520. The third kappa shape index (κ3) is 3.22. The van der Waals surface area contributed by atoms with Crippen LogP contribution in [-0.2, 0) is 4.74 Å². The smallest absolute Gasteiger partial charge is 0.222 e. The molecule has 1 aliphatic heterocycles. The number of aromatic nitrogens is 2. The number of hydrogen-bond acceptors (Lipinski definition) is 5. The number of rotatable bonds is 3. The molecule has 1 aromatic rings. The fourth-order valence-electron chi connectivity index (χ4n) is 1.44. The first-order valence-electron chi connectivity index (χ1n) is 4.78. The molecule has 2 N–H and O–H groups in total. The minimum absolute atomic E-state index is 0.220. The Bertz CT molecular complexity index is 324. The van der Waals surface area contributed by atoms with Gasteiger partial charge in [0, 0.05) is 18.4 Å². The van der Waals surface area contributed by atoms with Crippen LogP contribution in [0.1, 0.15) is 12.8 Å². The first kappa shape index (κ1) is 11.0. The van der Waals surface area contributed by atoms with Crippen molar-refractivity contribution in [3.63, 3.8) is 0 Å². The van der Waals surface area contributed by atoms with Gasteiger partial charge in [0.1, 0.15) is 10.2 Å². The van der Waals surface area contributed by atoms with E-state index < -0.39 is 0 Å². The highest BCUT2D eigenvalue weighted by atomic mass is 35.5. The maximum absolute atomic E-state index is 5.77. The Balaban J connectivity index is 1.92. The lowest BCUT2D eigenvalue weighted by atomic mass is 10.3. The zero-order chi connectivity index (χ0) is 10.7. The quantitative estimate of drug-likeness (QED) is 0.652. The molecule has 0 spiro atoms. The van der Waals surface area contributed by atoms with Crippen molar-refractivity contribution in [1.82, 2.24) is 9.97 Å². The maximum Gasteiger partial charge on any atom is 0.222 e. The molecule has 1 atom stereocenters. The van der Waals surface area contributed by atoms with Crippen molar-refractivity contribution in [1.29, 1.82) is 0 Å². The summed E-state index contributed by atoms with van der Waals surface area (Å²) in [5.74, 6) is 1.12. The lowest BCUT2D eigenvalue weighted by Crippen LogP contribution is -2.08. The summed E-state index contributed by atoms with van der Waals surface area (Å²) in [4.78, 5) is 7.89. The Labute approximate surface area is 97.6 Å². The van der Waals surface area contributed by atoms with Crippen LogP contribution >= 0.6 is 23.4 Å². The van der Waals surface area contributed by atoms with E-state index in [0.717, 1.165) is 30.2 Å². The summed E-state index contributed by atoms with van der Waals surface area (Å²) < 4.78 is 5.51. The summed E-state index contributed by atoms with van der Waals surface area (Å²) in [6, 6.07) is 1.72. The predicted octanol–water partition coefficient (Wildman–Crippen LogP) is 1.98. The fraction of sp³-hybridized carbons (Fsp3) is 0.556. The first-order chi connectivity index (χ1) is 7.24. The molecule has 0 bridgehead atoms. The number of thioether (sulfide) groups is 1. The molecular formula is C9H12ClN3OS. The number of nitrogens with zero attached hydrogens (tertiary/aromatic N) is 2. The predicted molar refractivity (Wildman–Crippen MR) is 61.2 cm³/mol. The number of hydrogen-bond donors (Lipinski definition) is 1. The van der Waals surface area contributed by atoms with E-state index in [1.165, 1.54) is 0 Å². The van der Waals surface area contributed by atoms with Crippen molar-refractivity contribution in [3.8, 4) is 0 Å². The first-order valence-corrected chi connectivity index (χ1v) is 6.15. The van der Waals surface area contributed by atoms with E-state index in [1.807, 2.05) is 0 Å². The number of halogens is 1. The molecule has 0 radical (unpaired) electrons. The second-order valence-corrected chi connectivity index (χ2v) is 4.76. The second kappa shape index (κ2) is 5.01. The van der Waals surface area contributed by atoms with Gasteiger partial charge in [-0.1, -0.05) is 11.6 Å². The van der Waals surface area contributed by atoms with Gasteiger partial charge in [0.25, 0.3) is 0 Å². The zero-order valence-electron chi connectivity index (χ0n) is 8.15. The van der Waals surface area contributed by atoms with Crippen LogP contribution in [0.3, 0.4) is 0 Å². The summed E-state index contributed by atoms with van der Waals surface area (Å²) in [6.07, 6.45) is 2.61. The molecular weight excluding hydrogens is 234 g/mol. The zero-order valence-corrected chi connectivity index (χ0v) is 9.72. The van der Waals surface area contributed by atoms with Crippen molar-refractivity contribution < 1.29 is 4.74 Å². The van der Waals surface area contributed by atoms with Gasteiger partial charge in [-0.15, -0.1) is 11.8 Å². The Morgan fingerprint density at radius 3 is 3.13 bits per heavy atom. The van der Waals surface area contributed by atoms with Gasteiger partial charge in [-0.25, -0.2) is 9.97 Å². The number of anilines is 1. The van der Waals surface area contributed by atoms with Gasteiger partial charge >= 0.3 is 0 Å². The highest BCUT2D eigenvalue weighted by Gasteiger charge is 2.16. The van der Waals surface area contributed by atoms with Gasteiger partial charge in [-0.05, 0) is 12.8 Å². The van der Waals surface area contributed by atoms with Gasteiger partial charge < -0.3 is 10.5 Å². The van der Waals surface area contributed by atoms with Crippen molar-refractivity contribution in [2.24, 2.45) is 0 Å². The van der Waals surface area contributed by atoms with Crippen molar-refractivity contribution in [2.75, 3.05) is 18.1 Å². The topological polar surface area (TPSA) is 61.0 Å². The standard InChI is InChI=1S/C9H12ClN3OS/c10-7-4-8(13-9(11)12-7)15-5-6-2-1-3-14-6/h4,6H,1-3,5H2,(H2,11,12,13). The van der Waals surface area contributed by atoms with Crippen LogP contribution < -0.4 is 5.73 Å². The molecule has 1 saturated heterocycles. The molecule has 0 aromatic carbocycles. The van der Waals surface area contributed by atoms with Crippen LogP contribution in [0.15, 0.2) is 11.1 Å². The molecule has 0 amide bonds. The van der Waals surface area contributed by atoms with Crippen LogP contribution in [0.4, 0.5) is 5.95 Å². The third-order valence-corrected chi connectivity index (χ3v) is 3.37. The van der Waals surface area contributed by atoms with Crippen molar-refractivity contribution >= 4 is 29.3 Å². The molecule has 1 unspecified atom stereocenters. The van der Waals surface area contributed by atoms with Crippen LogP contribution in [0.25, 0.3) is 0 Å². The second-order valence-electron chi connectivity index (χ2n) is 3.33. The van der Waals surface area contributed by atoms with Crippen LogP contribution in [0, 0.1) is 0 Å². The SMILES string of the molecule is Nc1nc(Cl)cc(SCC2CCCO2)n1. The molecule has 0 saturated carbocycles. The summed E-state index contributed by atoms with van der Waals surface area (Å²) >= 11 is 7.38. The average molecular weight is 246 g/mol. The van der Waals surface area contributed by atoms with E-state index in [1.54, 1.807) is 17.8 Å². The minimum Gasteiger partial charge on any atom is -0.377 e. The van der Waals surface area contributed by atoms with E-state index >= 15 is 0 Å². The summed E-state index contributed by atoms with van der Waals surface area (Å²) in [5.41, 5.74) is 5.49. The lowest BCUT2D eigenvalue weighted by Gasteiger charge is -2.08. The van der Waals surface area contributed by atoms with Gasteiger partial charge in [-0.2, -0.15) is 0 Å². The molecule has 1 aliphatic rings. The van der Waals surface area contributed by atoms with Gasteiger partial charge in [0.05, 0.1) is 6.10 Å². The van der Waals surface area contributed by atoms with E-state index in [0.29, 0.717) is 11.3 Å². The molecule has 2 rings (SSSR count). The van der Waals surface area contributed by atoms with Gasteiger partial charge in [0.15, 0.2) is 0 Å². The largest absolute Gasteiger partial charge is 0.377 e. The van der Waals surface area contributed by atoms with E-state index in [4.69, 9.17) is 22.1 Å². The fourth-order valence-corrected chi connectivity index (χ4v) is 2.67. The average Bonchev–Trinajstić information content (AvgIpc) is 2.65. The number of nitrogens with two attached hydrogens (primary N) is 1. The molecule has 15 heavy (non-hydrogen) atoms. The van der Waals surface area contributed by atoms with Gasteiger partial charge in [-0.3, -0.25) is 0 Å². The highest BCUT2D eigenvalue weighted by molar-refractivity contribution is 7.99. The molecule has 82 valence electrons. The monoisotopic (exact) mass is 245 g/mol. The summed E-state index contributed by atoms with van der Waals surface area (Å²) in [7, 11) is 0. The van der Waals surface area contributed by atoms with E-state index in [-0.39, 0.29) is 5.95 Å². The van der Waals surface area contributed by atoms with Crippen LogP contribution in [-0.4, -0.2) is 28.4 Å². The Morgan fingerprint density at radius 2 is 2.47 bits per heavy atom. The molecule has 4 nitrogen and oxygen atoms in total. The molecule has 1 fully saturated rings. The molecule has 6 heteroatoms. The minimum atomic E-state index is 0.220. The maximum atomic E-state index is 5.77. The molecule has 1 aromatic heterocycles. The van der Waals surface area contributed by atoms with Crippen molar-refractivity contribution in [3.05, 3.63) is 11.2 Å². The molecule has 2 heterocycles. The summed E-state index contributed by atoms with van der Waals surface area (Å²) in [5, 5.41) is 1.19. The van der Waals surface area contributed by atoms with Crippen molar-refractivity contribution in [2.45, 2.75) is 24.0 Å². The summed E-state index contributed by atoms with van der Waals surface area (Å²) in [6.45, 7) is 0.873. The van der Waals surface area contributed by atoms with Crippen LogP contribution in [0.2, 0.25) is 5.15 Å². The normalized spacial score (nSPS) is 20.7. The Morgan fingerprint density at radius 1 is 1.60 bits per heavy atom. The highest BCUT2D eigenvalue weighted by Crippen LogP contribution is 2.24.